The molecule has 3 unspecified atom stereocenters. The van der Waals surface area contributed by atoms with Crippen LogP contribution in [0.1, 0.15) is 51.5 Å². The van der Waals surface area contributed by atoms with E-state index < -0.39 is 0 Å². The Balaban J connectivity index is 1.86. The second kappa shape index (κ2) is 7.44. The van der Waals surface area contributed by atoms with Gasteiger partial charge < -0.3 is 5.32 Å². The van der Waals surface area contributed by atoms with Crippen LogP contribution in [-0.4, -0.2) is 12.1 Å². The Hall–Kier alpha value is -0.340. The first-order valence-electron chi connectivity index (χ1n) is 7.69. The largest absolute Gasteiger partial charge is 0.311 e. The van der Waals surface area contributed by atoms with Gasteiger partial charge in [-0.2, -0.15) is 0 Å². The van der Waals surface area contributed by atoms with E-state index in [4.69, 9.17) is 0 Å². The summed E-state index contributed by atoms with van der Waals surface area (Å²) in [6, 6.07) is 10.0. The Labute approximate surface area is 126 Å². The van der Waals surface area contributed by atoms with Crippen molar-refractivity contribution in [2.75, 3.05) is 0 Å². The lowest BCUT2D eigenvalue weighted by Crippen LogP contribution is -2.43. The van der Waals surface area contributed by atoms with Crippen molar-refractivity contribution < 1.29 is 0 Å². The smallest absolute Gasteiger partial charge is 0.0175 e. The molecule has 3 atom stereocenters. The highest BCUT2D eigenvalue weighted by Crippen LogP contribution is 2.27. The van der Waals surface area contributed by atoms with Crippen molar-refractivity contribution in [1.82, 2.24) is 5.32 Å². The van der Waals surface area contributed by atoms with Crippen LogP contribution in [0.2, 0.25) is 0 Å². The molecular weight excluding hydrogens is 298 g/mol. The molecule has 1 aliphatic rings. The molecule has 0 bridgehead atoms. The van der Waals surface area contributed by atoms with Gasteiger partial charge in [0.25, 0.3) is 0 Å². The minimum atomic E-state index is 0.568. The van der Waals surface area contributed by atoms with Gasteiger partial charge in [0.2, 0.25) is 0 Å². The van der Waals surface area contributed by atoms with Crippen LogP contribution in [0.15, 0.2) is 28.7 Å². The first-order chi connectivity index (χ1) is 9.19. The second-order valence-electron chi connectivity index (χ2n) is 5.96. The van der Waals surface area contributed by atoms with Gasteiger partial charge in [0.05, 0.1) is 0 Å². The lowest BCUT2D eigenvalue weighted by atomic mass is 9.82. The van der Waals surface area contributed by atoms with E-state index in [1.807, 2.05) is 0 Å². The summed E-state index contributed by atoms with van der Waals surface area (Å²) in [5.41, 5.74) is 1.42. The third-order valence-corrected chi connectivity index (χ3v) is 4.92. The van der Waals surface area contributed by atoms with Crippen molar-refractivity contribution in [3.63, 3.8) is 0 Å². The predicted octanol–water partition coefficient (Wildman–Crippen LogP) is 4.94. The second-order valence-corrected chi connectivity index (χ2v) is 6.87. The highest BCUT2D eigenvalue weighted by molar-refractivity contribution is 9.10. The zero-order chi connectivity index (χ0) is 13.7. The van der Waals surface area contributed by atoms with Gasteiger partial charge in [-0.3, -0.25) is 0 Å². The van der Waals surface area contributed by atoms with E-state index in [0.717, 1.165) is 22.9 Å². The first-order valence-corrected chi connectivity index (χ1v) is 8.49. The minimum Gasteiger partial charge on any atom is -0.311 e. The summed E-state index contributed by atoms with van der Waals surface area (Å²) < 4.78 is 1.16. The Kier molecular flexibility index (Phi) is 5.90. The molecule has 1 fully saturated rings. The van der Waals surface area contributed by atoms with Crippen LogP contribution in [0.25, 0.3) is 0 Å². The molecule has 2 heteroatoms. The summed E-state index contributed by atoms with van der Waals surface area (Å²) in [6.07, 6.45) is 8.06. The molecule has 1 N–H and O–H groups in total. The van der Waals surface area contributed by atoms with Crippen molar-refractivity contribution >= 4 is 15.9 Å². The van der Waals surface area contributed by atoms with Gasteiger partial charge in [-0.1, -0.05) is 54.2 Å². The minimum absolute atomic E-state index is 0.568. The standard InChI is InChI=1S/C17H26BrN/c1-3-15-6-4-5-7-17(15)19-13(2)12-14-8-10-16(18)11-9-14/h8-11,13,15,17,19H,3-7,12H2,1-2H3. The van der Waals surface area contributed by atoms with Crippen LogP contribution >= 0.6 is 15.9 Å². The highest BCUT2D eigenvalue weighted by atomic mass is 79.9. The number of halogens is 1. The van der Waals surface area contributed by atoms with Gasteiger partial charge >= 0.3 is 0 Å². The summed E-state index contributed by atoms with van der Waals surface area (Å²) >= 11 is 3.49. The van der Waals surface area contributed by atoms with E-state index in [0.29, 0.717) is 6.04 Å². The van der Waals surface area contributed by atoms with E-state index in [9.17, 15) is 0 Å². The molecule has 19 heavy (non-hydrogen) atoms. The maximum absolute atomic E-state index is 3.87. The summed E-state index contributed by atoms with van der Waals surface area (Å²) in [5.74, 6) is 0.890. The first kappa shape index (κ1) is 15.1. The molecule has 106 valence electrons. The summed E-state index contributed by atoms with van der Waals surface area (Å²) in [4.78, 5) is 0. The quantitative estimate of drug-likeness (QED) is 0.809. The molecule has 0 aromatic heterocycles. The average Bonchev–Trinajstić information content (AvgIpc) is 2.42. The normalized spacial score (nSPS) is 25.2. The van der Waals surface area contributed by atoms with Crippen molar-refractivity contribution in [2.24, 2.45) is 5.92 Å². The molecule has 0 spiro atoms. The monoisotopic (exact) mass is 323 g/mol. The topological polar surface area (TPSA) is 12.0 Å². The summed E-state index contributed by atoms with van der Waals surface area (Å²) in [7, 11) is 0. The Morgan fingerprint density at radius 3 is 2.58 bits per heavy atom. The number of hydrogen-bond donors (Lipinski definition) is 1. The van der Waals surface area contributed by atoms with Crippen molar-refractivity contribution in [2.45, 2.75) is 64.5 Å². The third kappa shape index (κ3) is 4.61. The zero-order valence-electron chi connectivity index (χ0n) is 12.2. The molecule has 1 aliphatic carbocycles. The van der Waals surface area contributed by atoms with Gasteiger partial charge in [-0.05, 0) is 49.8 Å². The van der Waals surface area contributed by atoms with E-state index in [2.05, 4.69) is 59.4 Å². The molecular formula is C17H26BrN. The van der Waals surface area contributed by atoms with Crippen molar-refractivity contribution in [1.29, 1.82) is 0 Å². The van der Waals surface area contributed by atoms with Crippen molar-refractivity contribution in [3.8, 4) is 0 Å². The maximum atomic E-state index is 3.87. The SMILES string of the molecule is CCC1CCCCC1NC(C)Cc1ccc(Br)cc1. The zero-order valence-corrected chi connectivity index (χ0v) is 13.7. The number of rotatable bonds is 5. The van der Waals surface area contributed by atoms with Crippen LogP contribution in [0.5, 0.6) is 0 Å². The van der Waals surface area contributed by atoms with E-state index in [1.54, 1.807) is 0 Å². The Morgan fingerprint density at radius 2 is 1.89 bits per heavy atom. The number of benzene rings is 1. The van der Waals surface area contributed by atoms with Crippen LogP contribution in [-0.2, 0) is 6.42 Å². The van der Waals surface area contributed by atoms with E-state index >= 15 is 0 Å². The molecule has 0 amide bonds. The fraction of sp³-hybridized carbons (Fsp3) is 0.647. The summed E-state index contributed by atoms with van der Waals surface area (Å²) in [6.45, 7) is 4.66. The van der Waals surface area contributed by atoms with Crippen LogP contribution in [0.3, 0.4) is 0 Å². The number of nitrogens with one attached hydrogen (secondary N) is 1. The summed E-state index contributed by atoms with van der Waals surface area (Å²) in [5, 5.41) is 3.87. The Morgan fingerprint density at radius 1 is 1.21 bits per heavy atom. The molecule has 0 aliphatic heterocycles. The number of hydrogen-bond acceptors (Lipinski definition) is 1. The molecule has 1 aromatic rings. The molecule has 0 heterocycles. The molecule has 0 radical (unpaired) electrons. The van der Waals surface area contributed by atoms with Crippen LogP contribution in [0.4, 0.5) is 0 Å². The van der Waals surface area contributed by atoms with Gasteiger partial charge in [-0.15, -0.1) is 0 Å². The van der Waals surface area contributed by atoms with Gasteiger partial charge in [0.15, 0.2) is 0 Å². The van der Waals surface area contributed by atoms with E-state index in [1.165, 1.54) is 37.7 Å². The van der Waals surface area contributed by atoms with Crippen LogP contribution < -0.4 is 5.32 Å². The highest BCUT2D eigenvalue weighted by Gasteiger charge is 2.24. The van der Waals surface area contributed by atoms with Crippen LogP contribution in [0, 0.1) is 5.92 Å². The molecule has 1 nitrogen and oxygen atoms in total. The lowest BCUT2D eigenvalue weighted by Gasteiger charge is -2.34. The molecule has 2 rings (SSSR count). The third-order valence-electron chi connectivity index (χ3n) is 4.39. The fourth-order valence-corrected chi connectivity index (χ4v) is 3.58. The van der Waals surface area contributed by atoms with Gasteiger partial charge in [0, 0.05) is 16.6 Å². The predicted molar refractivity (Wildman–Crippen MR) is 86.5 cm³/mol. The Bertz CT molecular complexity index is 373. The molecule has 0 saturated heterocycles. The maximum Gasteiger partial charge on any atom is 0.0175 e. The van der Waals surface area contributed by atoms with E-state index in [-0.39, 0.29) is 0 Å². The fourth-order valence-electron chi connectivity index (χ4n) is 3.31. The average molecular weight is 324 g/mol. The lowest BCUT2D eigenvalue weighted by molar-refractivity contribution is 0.239. The van der Waals surface area contributed by atoms with Crippen molar-refractivity contribution in [3.05, 3.63) is 34.3 Å². The molecule has 1 saturated carbocycles. The van der Waals surface area contributed by atoms with Gasteiger partial charge in [0.1, 0.15) is 0 Å². The van der Waals surface area contributed by atoms with Gasteiger partial charge in [-0.25, -0.2) is 0 Å². The molecule has 1 aromatic carbocycles.